The largest absolute Gasteiger partial charge is 0.422 e. The molecule has 0 spiro atoms. The fraction of sp³-hybridized carbons (Fsp3) is 0.179. The molecule has 184 valence electrons. The summed E-state index contributed by atoms with van der Waals surface area (Å²) in [6.45, 7) is 1.79. The molecule has 4 aromatic rings. The first kappa shape index (κ1) is 22.7. The Labute approximate surface area is 211 Å². The average Bonchev–Trinajstić information content (AvgIpc) is 3.18. The number of pyridine rings is 1. The Morgan fingerprint density at radius 1 is 0.865 bits per heavy atom. The summed E-state index contributed by atoms with van der Waals surface area (Å²) in [6, 6.07) is 17.5. The fourth-order valence-corrected chi connectivity index (χ4v) is 4.93. The molecule has 3 amide bonds. The van der Waals surface area contributed by atoms with Crippen molar-refractivity contribution in [3.8, 4) is 0 Å². The first-order valence-corrected chi connectivity index (χ1v) is 12.0. The number of nitrogens with zero attached hydrogens (tertiary/aromatic N) is 4. The minimum Gasteiger partial charge on any atom is -0.422 e. The van der Waals surface area contributed by atoms with Crippen molar-refractivity contribution in [1.29, 1.82) is 0 Å². The summed E-state index contributed by atoms with van der Waals surface area (Å²) in [5, 5.41) is 0.684. The number of hydrogen-bond acceptors (Lipinski definition) is 7. The van der Waals surface area contributed by atoms with Gasteiger partial charge in [0.1, 0.15) is 11.1 Å². The summed E-state index contributed by atoms with van der Waals surface area (Å²) in [5.74, 6) is -1.04. The fourth-order valence-electron chi connectivity index (χ4n) is 4.93. The molecule has 0 radical (unpaired) electrons. The molecular weight excluding hydrogens is 472 g/mol. The molecule has 1 saturated heterocycles. The zero-order valence-electron chi connectivity index (χ0n) is 19.8. The second-order valence-corrected chi connectivity index (χ2v) is 9.02. The maximum atomic E-state index is 13.3. The number of hydrogen-bond donors (Lipinski definition) is 0. The Morgan fingerprint density at radius 2 is 1.62 bits per heavy atom. The van der Waals surface area contributed by atoms with Gasteiger partial charge in [0.2, 0.25) is 0 Å². The second kappa shape index (κ2) is 9.02. The van der Waals surface area contributed by atoms with Gasteiger partial charge in [-0.3, -0.25) is 24.3 Å². The van der Waals surface area contributed by atoms with E-state index in [1.54, 1.807) is 65.8 Å². The monoisotopic (exact) mass is 494 g/mol. The maximum absolute atomic E-state index is 13.3. The van der Waals surface area contributed by atoms with Crippen LogP contribution in [0.3, 0.4) is 0 Å². The van der Waals surface area contributed by atoms with Crippen molar-refractivity contribution < 1.29 is 18.8 Å². The minimum absolute atomic E-state index is 0.000260. The number of fused-ring (bicyclic) bond motifs is 2. The van der Waals surface area contributed by atoms with Crippen LogP contribution in [-0.2, 0) is 6.54 Å². The van der Waals surface area contributed by atoms with Gasteiger partial charge < -0.3 is 14.2 Å². The summed E-state index contributed by atoms with van der Waals surface area (Å²) in [6.07, 6.45) is 3.25. The lowest BCUT2D eigenvalue weighted by Gasteiger charge is -2.36. The van der Waals surface area contributed by atoms with Crippen LogP contribution >= 0.6 is 0 Å². The maximum Gasteiger partial charge on any atom is 0.349 e. The van der Waals surface area contributed by atoms with Crippen molar-refractivity contribution >= 4 is 34.4 Å². The van der Waals surface area contributed by atoms with E-state index >= 15 is 0 Å². The van der Waals surface area contributed by atoms with E-state index in [1.807, 2.05) is 17.0 Å². The lowest BCUT2D eigenvalue weighted by atomic mass is 10.1. The van der Waals surface area contributed by atoms with Gasteiger partial charge in [0, 0.05) is 44.0 Å². The molecule has 0 saturated carbocycles. The SMILES string of the molecule is O=C(c1cc2ccccc2oc1=O)N1CCN(c2cccc3c2C(=O)N(Cc2ccncc2)C3=O)CC1. The minimum atomic E-state index is -0.662. The van der Waals surface area contributed by atoms with Crippen molar-refractivity contribution in [3.63, 3.8) is 0 Å². The van der Waals surface area contributed by atoms with Gasteiger partial charge in [0.05, 0.1) is 23.4 Å². The first-order valence-electron chi connectivity index (χ1n) is 12.0. The number of benzene rings is 2. The van der Waals surface area contributed by atoms with E-state index in [0.29, 0.717) is 54.0 Å². The normalized spacial score (nSPS) is 15.4. The summed E-state index contributed by atoms with van der Waals surface area (Å²) in [4.78, 5) is 60.8. The van der Waals surface area contributed by atoms with Crippen LogP contribution in [0.1, 0.15) is 36.6 Å². The molecule has 0 aliphatic carbocycles. The van der Waals surface area contributed by atoms with E-state index in [-0.39, 0.29) is 29.8 Å². The van der Waals surface area contributed by atoms with E-state index in [2.05, 4.69) is 4.98 Å². The van der Waals surface area contributed by atoms with Crippen molar-refractivity contribution in [3.05, 3.63) is 106 Å². The van der Waals surface area contributed by atoms with E-state index in [1.165, 1.54) is 4.90 Å². The first-order chi connectivity index (χ1) is 18.0. The second-order valence-electron chi connectivity index (χ2n) is 9.02. The third kappa shape index (κ3) is 3.94. The highest BCUT2D eigenvalue weighted by atomic mass is 16.4. The van der Waals surface area contributed by atoms with E-state index < -0.39 is 5.63 Å². The van der Waals surface area contributed by atoms with Crippen molar-refractivity contribution in [2.24, 2.45) is 0 Å². The van der Waals surface area contributed by atoms with E-state index in [9.17, 15) is 19.2 Å². The number of aromatic nitrogens is 1. The lowest BCUT2D eigenvalue weighted by Crippen LogP contribution is -2.49. The molecule has 6 rings (SSSR count). The van der Waals surface area contributed by atoms with Crippen molar-refractivity contribution in [2.45, 2.75) is 6.54 Å². The Bertz CT molecular complexity index is 1610. The van der Waals surface area contributed by atoms with Gasteiger partial charge in [0.25, 0.3) is 17.7 Å². The van der Waals surface area contributed by atoms with Gasteiger partial charge in [-0.05, 0) is 42.0 Å². The smallest absolute Gasteiger partial charge is 0.349 e. The molecule has 0 atom stereocenters. The molecule has 9 nitrogen and oxygen atoms in total. The average molecular weight is 495 g/mol. The molecule has 2 aromatic heterocycles. The highest BCUT2D eigenvalue weighted by molar-refractivity contribution is 6.23. The standard InChI is InChI=1S/C28H22N4O5/c33-25(21-16-19-4-1-2-7-23(19)37-28(21)36)31-14-12-30(13-15-31)22-6-3-5-20-24(22)27(35)32(26(20)34)17-18-8-10-29-11-9-18/h1-11,16H,12-15,17H2. The van der Waals surface area contributed by atoms with Crippen LogP contribution in [-0.4, -0.2) is 58.7 Å². The molecule has 1 fully saturated rings. The Morgan fingerprint density at radius 3 is 2.41 bits per heavy atom. The number of anilines is 1. The van der Waals surface area contributed by atoms with E-state index in [4.69, 9.17) is 4.42 Å². The molecule has 4 heterocycles. The van der Waals surface area contributed by atoms with Gasteiger partial charge >= 0.3 is 5.63 Å². The predicted molar refractivity (Wildman–Crippen MR) is 135 cm³/mol. The third-order valence-electron chi connectivity index (χ3n) is 6.85. The van der Waals surface area contributed by atoms with Crippen LogP contribution < -0.4 is 10.5 Å². The summed E-state index contributed by atoms with van der Waals surface area (Å²) >= 11 is 0. The van der Waals surface area contributed by atoms with Crippen LogP contribution in [0.25, 0.3) is 11.0 Å². The zero-order valence-corrected chi connectivity index (χ0v) is 19.8. The Kier molecular flexibility index (Phi) is 5.52. The number of imide groups is 1. The van der Waals surface area contributed by atoms with Gasteiger partial charge in [0.15, 0.2) is 0 Å². The van der Waals surface area contributed by atoms with Gasteiger partial charge in [-0.2, -0.15) is 0 Å². The van der Waals surface area contributed by atoms with Gasteiger partial charge in [-0.15, -0.1) is 0 Å². The summed E-state index contributed by atoms with van der Waals surface area (Å²) < 4.78 is 5.33. The molecular formula is C28H22N4O5. The van der Waals surface area contributed by atoms with Crippen molar-refractivity contribution in [2.75, 3.05) is 31.1 Å². The Balaban J connectivity index is 1.20. The van der Waals surface area contributed by atoms with Crippen LogP contribution in [0.2, 0.25) is 0 Å². The number of carbonyl (C=O) groups is 3. The molecule has 0 bridgehead atoms. The number of amides is 3. The van der Waals surface area contributed by atoms with Crippen LogP contribution in [0, 0.1) is 0 Å². The molecule has 9 heteroatoms. The zero-order chi connectivity index (χ0) is 25.5. The third-order valence-corrected chi connectivity index (χ3v) is 6.85. The number of rotatable bonds is 4. The highest BCUT2D eigenvalue weighted by Crippen LogP contribution is 2.33. The van der Waals surface area contributed by atoms with E-state index in [0.717, 1.165) is 5.56 Å². The number of carbonyl (C=O) groups excluding carboxylic acids is 3. The van der Waals surface area contributed by atoms with Crippen molar-refractivity contribution in [1.82, 2.24) is 14.8 Å². The van der Waals surface area contributed by atoms with Gasteiger partial charge in [-0.1, -0.05) is 24.3 Å². The molecule has 0 unspecified atom stereocenters. The quantitative estimate of drug-likeness (QED) is 0.317. The molecule has 37 heavy (non-hydrogen) atoms. The lowest BCUT2D eigenvalue weighted by molar-refractivity contribution is 0.0640. The topological polar surface area (TPSA) is 104 Å². The summed E-state index contributed by atoms with van der Waals surface area (Å²) in [5.41, 5.74) is 2.02. The van der Waals surface area contributed by atoms with Gasteiger partial charge in [-0.25, -0.2) is 4.79 Å². The molecule has 0 N–H and O–H groups in total. The highest BCUT2D eigenvalue weighted by Gasteiger charge is 2.39. The Hall–Kier alpha value is -4.79. The number of piperazine rings is 1. The molecule has 2 aliphatic rings. The predicted octanol–water partition coefficient (Wildman–Crippen LogP) is 2.95. The number of para-hydroxylation sites is 1. The van der Waals surface area contributed by atoms with Crippen LogP contribution in [0.5, 0.6) is 0 Å². The van der Waals surface area contributed by atoms with Crippen LogP contribution in [0.15, 0.2) is 82.3 Å². The molecule has 2 aromatic carbocycles. The van der Waals surface area contributed by atoms with Crippen LogP contribution in [0.4, 0.5) is 5.69 Å². The molecule has 2 aliphatic heterocycles. The summed E-state index contributed by atoms with van der Waals surface area (Å²) in [7, 11) is 0.